The molecule has 1 N–H and O–H groups in total. The van der Waals surface area contributed by atoms with Crippen LogP contribution in [0.5, 0.6) is 5.75 Å². The zero-order valence-corrected chi connectivity index (χ0v) is 9.36. The molecule has 0 saturated heterocycles. The molecule has 0 aromatic heterocycles. The van der Waals surface area contributed by atoms with Gasteiger partial charge in [0.2, 0.25) is 0 Å². The number of methoxy groups -OCH3 is 1. The van der Waals surface area contributed by atoms with Crippen LogP contribution in [0.4, 0.5) is 0 Å². The molecule has 0 heterocycles. The number of hydrogen-bond acceptors (Lipinski definition) is 2. The van der Waals surface area contributed by atoms with Crippen LogP contribution in [-0.2, 0) is 6.42 Å². The minimum atomic E-state index is -0.220. The van der Waals surface area contributed by atoms with Gasteiger partial charge in [-0.25, -0.2) is 0 Å². The van der Waals surface area contributed by atoms with E-state index >= 15 is 0 Å². The summed E-state index contributed by atoms with van der Waals surface area (Å²) in [5, 5.41) is 9.73. The van der Waals surface area contributed by atoms with Crippen LogP contribution in [0, 0.1) is 5.41 Å². The summed E-state index contributed by atoms with van der Waals surface area (Å²) < 4.78 is 5.32. The molecule has 82 valence electrons. The van der Waals surface area contributed by atoms with Gasteiger partial charge in [0.15, 0.2) is 0 Å². The Kier molecular flexibility index (Phi) is 2.70. The van der Waals surface area contributed by atoms with Gasteiger partial charge in [0.05, 0.1) is 13.2 Å². The van der Waals surface area contributed by atoms with Crippen molar-refractivity contribution in [1.82, 2.24) is 0 Å². The molecule has 15 heavy (non-hydrogen) atoms. The van der Waals surface area contributed by atoms with Crippen molar-refractivity contribution >= 4 is 0 Å². The number of hydrogen-bond donors (Lipinski definition) is 1. The first-order valence-corrected chi connectivity index (χ1v) is 5.48. The number of benzene rings is 1. The summed E-state index contributed by atoms with van der Waals surface area (Å²) in [5.41, 5.74) is 1.33. The fraction of sp³-hybridized carbons (Fsp3) is 0.538. The Hall–Kier alpha value is -1.02. The number of aliphatic hydroxyl groups excluding tert-OH is 1. The van der Waals surface area contributed by atoms with E-state index in [1.807, 2.05) is 25.1 Å². The summed E-state index contributed by atoms with van der Waals surface area (Å²) in [7, 11) is 1.70. The molecule has 0 spiro atoms. The van der Waals surface area contributed by atoms with Crippen LogP contribution < -0.4 is 4.74 Å². The van der Waals surface area contributed by atoms with Gasteiger partial charge in [-0.2, -0.15) is 0 Å². The Labute approximate surface area is 90.9 Å². The molecule has 2 nitrogen and oxygen atoms in total. The standard InChI is InChI=1S/C13H18O2/c1-10(14)13(7-8-13)9-11-5-3-4-6-12(11)15-2/h3-6,10,14H,7-9H2,1-2H3. The molecular weight excluding hydrogens is 188 g/mol. The molecule has 1 aromatic rings. The first kappa shape index (κ1) is 10.5. The highest BCUT2D eigenvalue weighted by Gasteiger charge is 2.46. The lowest BCUT2D eigenvalue weighted by molar-refractivity contribution is 0.110. The third kappa shape index (κ3) is 2.00. The smallest absolute Gasteiger partial charge is 0.122 e. The van der Waals surface area contributed by atoms with Gasteiger partial charge in [0.25, 0.3) is 0 Å². The molecule has 0 amide bonds. The van der Waals surface area contributed by atoms with E-state index in [4.69, 9.17) is 4.74 Å². The predicted molar refractivity (Wildman–Crippen MR) is 60.0 cm³/mol. The van der Waals surface area contributed by atoms with Crippen LogP contribution in [0.1, 0.15) is 25.3 Å². The fourth-order valence-corrected chi connectivity index (χ4v) is 2.13. The summed E-state index contributed by atoms with van der Waals surface area (Å²) >= 11 is 0. The normalized spacial score (nSPS) is 19.7. The highest BCUT2D eigenvalue weighted by Crippen LogP contribution is 2.52. The van der Waals surface area contributed by atoms with Gasteiger partial charge in [-0.1, -0.05) is 18.2 Å². The second-order valence-corrected chi connectivity index (χ2v) is 4.53. The molecule has 1 unspecified atom stereocenters. The topological polar surface area (TPSA) is 29.5 Å². The maximum absolute atomic E-state index is 9.73. The van der Waals surface area contributed by atoms with E-state index in [1.54, 1.807) is 7.11 Å². The lowest BCUT2D eigenvalue weighted by atomic mass is 9.91. The SMILES string of the molecule is COc1ccccc1CC1(C(C)O)CC1. The van der Waals surface area contributed by atoms with E-state index < -0.39 is 0 Å². The van der Waals surface area contributed by atoms with Crippen LogP contribution in [0.2, 0.25) is 0 Å². The van der Waals surface area contributed by atoms with Gasteiger partial charge in [0.1, 0.15) is 5.75 Å². The highest BCUT2D eigenvalue weighted by molar-refractivity contribution is 5.35. The van der Waals surface area contributed by atoms with Crippen LogP contribution >= 0.6 is 0 Å². The zero-order chi connectivity index (χ0) is 10.9. The van der Waals surface area contributed by atoms with Crippen molar-refractivity contribution in [2.75, 3.05) is 7.11 Å². The summed E-state index contributed by atoms with van der Waals surface area (Å²) in [5.74, 6) is 0.935. The van der Waals surface area contributed by atoms with E-state index in [0.717, 1.165) is 25.0 Å². The van der Waals surface area contributed by atoms with Gasteiger partial charge >= 0.3 is 0 Å². The van der Waals surface area contributed by atoms with Gasteiger partial charge in [0, 0.05) is 5.41 Å². The minimum Gasteiger partial charge on any atom is -0.496 e. The Morgan fingerprint density at radius 2 is 2.07 bits per heavy atom. The molecule has 2 heteroatoms. The molecule has 1 aliphatic carbocycles. The Morgan fingerprint density at radius 3 is 2.60 bits per heavy atom. The van der Waals surface area contributed by atoms with Crippen molar-refractivity contribution in [2.24, 2.45) is 5.41 Å². The Balaban J connectivity index is 2.17. The summed E-state index contributed by atoms with van der Waals surface area (Å²) in [6.45, 7) is 1.89. The highest BCUT2D eigenvalue weighted by atomic mass is 16.5. The molecule has 1 fully saturated rings. The summed E-state index contributed by atoms with van der Waals surface area (Å²) in [6, 6.07) is 8.06. The van der Waals surface area contributed by atoms with E-state index in [-0.39, 0.29) is 11.5 Å². The first-order chi connectivity index (χ1) is 7.18. The second kappa shape index (κ2) is 3.86. The van der Waals surface area contributed by atoms with Gasteiger partial charge in [-0.15, -0.1) is 0 Å². The Bertz CT molecular complexity index is 340. The third-order valence-electron chi connectivity index (χ3n) is 3.51. The molecule has 0 bridgehead atoms. The zero-order valence-electron chi connectivity index (χ0n) is 9.36. The molecule has 0 radical (unpaired) electrons. The van der Waals surface area contributed by atoms with Crippen molar-refractivity contribution in [3.8, 4) is 5.75 Å². The lowest BCUT2D eigenvalue weighted by Gasteiger charge is -2.19. The largest absolute Gasteiger partial charge is 0.496 e. The predicted octanol–water partition coefficient (Wildman–Crippen LogP) is 2.40. The molecule has 1 aromatic carbocycles. The van der Waals surface area contributed by atoms with Crippen molar-refractivity contribution in [3.05, 3.63) is 29.8 Å². The van der Waals surface area contributed by atoms with E-state index in [0.29, 0.717) is 0 Å². The van der Waals surface area contributed by atoms with Gasteiger partial charge < -0.3 is 9.84 Å². The molecule has 0 aliphatic heterocycles. The average Bonchev–Trinajstić information content (AvgIpc) is 3.00. The molecule has 1 aliphatic rings. The number of para-hydroxylation sites is 1. The van der Waals surface area contributed by atoms with Crippen LogP contribution in [0.3, 0.4) is 0 Å². The van der Waals surface area contributed by atoms with Crippen LogP contribution in [0.15, 0.2) is 24.3 Å². The van der Waals surface area contributed by atoms with Crippen LogP contribution in [-0.4, -0.2) is 18.3 Å². The molecule has 1 atom stereocenters. The van der Waals surface area contributed by atoms with Crippen molar-refractivity contribution in [1.29, 1.82) is 0 Å². The van der Waals surface area contributed by atoms with Gasteiger partial charge in [-0.05, 0) is 37.8 Å². The molecule has 1 saturated carbocycles. The summed E-state index contributed by atoms with van der Waals surface area (Å²) in [6.07, 6.45) is 2.96. The first-order valence-electron chi connectivity index (χ1n) is 5.48. The average molecular weight is 206 g/mol. The minimum absolute atomic E-state index is 0.120. The lowest BCUT2D eigenvalue weighted by Crippen LogP contribution is -2.20. The van der Waals surface area contributed by atoms with E-state index in [2.05, 4.69) is 6.07 Å². The van der Waals surface area contributed by atoms with Crippen molar-refractivity contribution in [2.45, 2.75) is 32.3 Å². The second-order valence-electron chi connectivity index (χ2n) is 4.53. The summed E-state index contributed by atoms with van der Waals surface area (Å²) in [4.78, 5) is 0. The Morgan fingerprint density at radius 1 is 1.40 bits per heavy atom. The van der Waals surface area contributed by atoms with E-state index in [1.165, 1.54) is 5.56 Å². The van der Waals surface area contributed by atoms with Gasteiger partial charge in [-0.3, -0.25) is 0 Å². The monoisotopic (exact) mass is 206 g/mol. The van der Waals surface area contributed by atoms with E-state index in [9.17, 15) is 5.11 Å². The quantitative estimate of drug-likeness (QED) is 0.819. The maximum atomic E-state index is 9.73. The van der Waals surface area contributed by atoms with Crippen LogP contribution in [0.25, 0.3) is 0 Å². The molecular formula is C13H18O2. The molecule has 2 rings (SSSR count). The number of rotatable bonds is 4. The maximum Gasteiger partial charge on any atom is 0.122 e. The van der Waals surface area contributed by atoms with Crippen molar-refractivity contribution < 1.29 is 9.84 Å². The van der Waals surface area contributed by atoms with Crippen molar-refractivity contribution in [3.63, 3.8) is 0 Å². The number of aliphatic hydroxyl groups is 1. The fourth-order valence-electron chi connectivity index (χ4n) is 2.13. The number of ether oxygens (including phenoxy) is 1. The third-order valence-corrected chi connectivity index (χ3v) is 3.51.